The summed E-state index contributed by atoms with van der Waals surface area (Å²) in [5, 5.41) is 0. The Balaban J connectivity index is 1.69. The van der Waals surface area contributed by atoms with Gasteiger partial charge in [0.05, 0.1) is 5.56 Å². The molecule has 0 aliphatic carbocycles. The van der Waals surface area contributed by atoms with Crippen molar-refractivity contribution in [2.75, 3.05) is 4.72 Å². The molecule has 7 heteroatoms. The minimum Gasteiger partial charge on any atom is -0.360 e. The SMILES string of the molecule is FC(F)(F)c1ccnc(NSc2c[nH]c(-c3ccccc3)c2)c1. The first-order valence-electron chi connectivity index (χ1n) is 6.72. The van der Waals surface area contributed by atoms with Crippen molar-refractivity contribution in [2.45, 2.75) is 11.1 Å². The lowest BCUT2D eigenvalue weighted by molar-refractivity contribution is -0.137. The molecule has 0 aliphatic heterocycles. The second-order valence-electron chi connectivity index (χ2n) is 4.75. The van der Waals surface area contributed by atoms with Crippen molar-refractivity contribution in [3.63, 3.8) is 0 Å². The van der Waals surface area contributed by atoms with Gasteiger partial charge in [-0.1, -0.05) is 30.3 Å². The highest BCUT2D eigenvalue weighted by molar-refractivity contribution is 8.00. The molecule has 0 saturated heterocycles. The maximum atomic E-state index is 12.7. The molecule has 0 radical (unpaired) electrons. The minimum absolute atomic E-state index is 0.160. The van der Waals surface area contributed by atoms with Gasteiger partial charge in [-0.25, -0.2) is 4.98 Å². The maximum absolute atomic E-state index is 12.7. The molecular weight excluding hydrogens is 323 g/mol. The van der Waals surface area contributed by atoms with E-state index in [0.29, 0.717) is 0 Å². The summed E-state index contributed by atoms with van der Waals surface area (Å²) in [6.45, 7) is 0. The average molecular weight is 335 g/mol. The van der Waals surface area contributed by atoms with Crippen molar-refractivity contribution >= 4 is 17.8 Å². The van der Waals surface area contributed by atoms with Gasteiger partial charge in [-0.2, -0.15) is 13.2 Å². The summed E-state index contributed by atoms with van der Waals surface area (Å²) in [5.41, 5.74) is 1.25. The molecule has 3 nitrogen and oxygen atoms in total. The highest BCUT2D eigenvalue weighted by atomic mass is 32.2. The second-order valence-corrected chi connectivity index (χ2v) is 5.63. The van der Waals surface area contributed by atoms with E-state index in [1.54, 1.807) is 6.20 Å². The number of halogens is 3. The van der Waals surface area contributed by atoms with Crippen LogP contribution in [-0.4, -0.2) is 9.97 Å². The van der Waals surface area contributed by atoms with Crippen LogP contribution in [0.15, 0.2) is 65.8 Å². The molecule has 0 unspecified atom stereocenters. The molecule has 2 aromatic heterocycles. The molecule has 1 aromatic carbocycles. The summed E-state index contributed by atoms with van der Waals surface area (Å²) >= 11 is 1.20. The van der Waals surface area contributed by atoms with Crippen LogP contribution < -0.4 is 4.72 Å². The summed E-state index contributed by atoms with van der Waals surface area (Å²) in [7, 11) is 0. The summed E-state index contributed by atoms with van der Waals surface area (Å²) < 4.78 is 40.8. The lowest BCUT2D eigenvalue weighted by Crippen LogP contribution is -2.05. The fourth-order valence-electron chi connectivity index (χ4n) is 1.99. The number of alkyl halides is 3. The quantitative estimate of drug-likeness (QED) is 0.643. The highest BCUT2D eigenvalue weighted by Crippen LogP contribution is 2.31. The zero-order valence-electron chi connectivity index (χ0n) is 11.8. The molecule has 0 fully saturated rings. The van der Waals surface area contributed by atoms with Crippen LogP contribution in [0.1, 0.15) is 5.56 Å². The van der Waals surface area contributed by atoms with Gasteiger partial charge >= 0.3 is 6.18 Å². The number of nitrogens with one attached hydrogen (secondary N) is 2. The molecule has 2 N–H and O–H groups in total. The van der Waals surface area contributed by atoms with Gasteiger partial charge in [0.1, 0.15) is 5.82 Å². The third kappa shape index (κ3) is 3.87. The van der Waals surface area contributed by atoms with Crippen LogP contribution in [0.25, 0.3) is 11.3 Å². The van der Waals surface area contributed by atoms with Crippen LogP contribution in [0.2, 0.25) is 0 Å². The summed E-state index contributed by atoms with van der Waals surface area (Å²) in [6, 6.07) is 13.6. The van der Waals surface area contributed by atoms with E-state index in [-0.39, 0.29) is 5.82 Å². The minimum atomic E-state index is -4.38. The molecule has 0 spiro atoms. The van der Waals surface area contributed by atoms with Crippen molar-refractivity contribution in [3.8, 4) is 11.3 Å². The molecule has 0 amide bonds. The average Bonchev–Trinajstić information content (AvgIpc) is 3.02. The standard InChI is InChI=1S/C16H12F3N3S/c17-16(18,19)12-6-7-20-15(8-12)22-23-13-9-14(21-10-13)11-4-2-1-3-5-11/h1-10,21H,(H,20,22). The number of hydrogen-bond acceptors (Lipinski definition) is 3. The van der Waals surface area contributed by atoms with E-state index in [1.165, 1.54) is 11.9 Å². The Kier molecular flexibility index (Phi) is 4.29. The number of benzene rings is 1. The lowest BCUT2D eigenvalue weighted by atomic mass is 10.2. The molecule has 0 atom stereocenters. The van der Waals surface area contributed by atoms with E-state index in [4.69, 9.17) is 0 Å². The number of aromatic amines is 1. The van der Waals surface area contributed by atoms with E-state index in [2.05, 4.69) is 14.7 Å². The molecule has 0 aliphatic rings. The number of rotatable bonds is 4. The Morgan fingerprint density at radius 3 is 2.57 bits per heavy atom. The van der Waals surface area contributed by atoms with Gasteiger partial charge in [-0.3, -0.25) is 0 Å². The smallest absolute Gasteiger partial charge is 0.360 e. The number of anilines is 1. The number of H-pyrrole nitrogens is 1. The molecule has 3 rings (SSSR count). The Hall–Kier alpha value is -2.41. The monoisotopic (exact) mass is 335 g/mol. The lowest BCUT2D eigenvalue weighted by Gasteiger charge is -2.08. The van der Waals surface area contributed by atoms with Crippen molar-refractivity contribution < 1.29 is 13.2 Å². The zero-order chi connectivity index (χ0) is 16.3. The van der Waals surface area contributed by atoms with E-state index < -0.39 is 11.7 Å². The van der Waals surface area contributed by atoms with Crippen molar-refractivity contribution in [2.24, 2.45) is 0 Å². The molecule has 0 saturated carbocycles. The van der Waals surface area contributed by atoms with Crippen molar-refractivity contribution in [1.82, 2.24) is 9.97 Å². The molecule has 0 bridgehead atoms. The molecule has 118 valence electrons. The zero-order valence-corrected chi connectivity index (χ0v) is 12.6. The summed E-state index contributed by atoms with van der Waals surface area (Å²) in [6.07, 6.45) is -1.45. The Morgan fingerprint density at radius 1 is 1.04 bits per heavy atom. The van der Waals surface area contributed by atoms with Crippen LogP contribution >= 0.6 is 11.9 Å². The number of aromatic nitrogens is 2. The van der Waals surface area contributed by atoms with Crippen molar-refractivity contribution in [1.29, 1.82) is 0 Å². The normalized spacial score (nSPS) is 11.4. The summed E-state index contributed by atoms with van der Waals surface area (Å²) in [4.78, 5) is 7.87. The van der Waals surface area contributed by atoms with Gasteiger partial charge < -0.3 is 9.71 Å². The van der Waals surface area contributed by atoms with Crippen LogP contribution in [0, 0.1) is 0 Å². The third-order valence-corrected chi connectivity index (χ3v) is 3.88. The maximum Gasteiger partial charge on any atom is 0.416 e. The predicted octanol–water partition coefficient (Wildman–Crippen LogP) is 5.21. The van der Waals surface area contributed by atoms with Crippen LogP contribution in [-0.2, 0) is 6.18 Å². The molecule has 3 aromatic rings. The van der Waals surface area contributed by atoms with E-state index in [0.717, 1.165) is 34.5 Å². The Morgan fingerprint density at radius 2 is 1.83 bits per heavy atom. The van der Waals surface area contributed by atoms with Gasteiger partial charge in [-0.15, -0.1) is 0 Å². The summed E-state index contributed by atoms with van der Waals surface area (Å²) in [5.74, 6) is 0.160. The van der Waals surface area contributed by atoms with E-state index in [9.17, 15) is 13.2 Å². The van der Waals surface area contributed by atoms with E-state index >= 15 is 0 Å². The fourth-order valence-corrected chi connectivity index (χ4v) is 2.62. The van der Waals surface area contributed by atoms with Gasteiger partial charge in [0.25, 0.3) is 0 Å². The largest absolute Gasteiger partial charge is 0.416 e. The van der Waals surface area contributed by atoms with Gasteiger partial charge in [0, 0.05) is 23.0 Å². The Bertz CT molecular complexity index is 785. The predicted molar refractivity (Wildman–Crippen MR) is 84.9 cm³/mol. The number of pyridine rings is 1. The van der Waals surface area contributed by atoms with Crippen molar-refractivity contribution in [3.05, 3.63) is 66.5 Å². The first-order chi connectivity index (χ1) is 11.0. The third-order valence-electron chi connectivity index (χ3n) is 3.10. The van der Waals surface area contributed by atoms with Crippen LogP contribution in [0.4, 0.5) is 19.0 Å². The molecule has 23 heavy (non-hydrogen) atoms. The highest BCUT2D eigenvalue weighted by Gasteiger charge is 2.30. The molecular formula is C16H12F3N3S. The Labute approximate surface area is 135 Å². The van der Waals surface area contributed by atoms with Gasteiger partial charge in [0.2, 0.25) is 0 Å². The number of nitrogens with zero attached hydrogens (tertiary/aromatic N) is 1. The molecule has 2 heterocycles. The van der Waals surface area contributed by atoms with Gasteiger partial charge in [-0.05, 0) is 35.7 Å². The van der Waals surface area contributed by atoms with Crippen LogP contribution in [0.3, 0.4) is 0 Å². The second kappa shape index (κ2) is 6.37. The van der Waals surface area contributed by atoms with Gasteiger partial charge in [0.15, 0.2) is 0 Å². The topological polar surface area (TPSA) is 40.7 Å². The van der Waals surface area contributed by atoms with Crippen LogP contribution in [0.5, 0.6) is 0 Å². The first-order valence-corrected chi connectivity index (χ1v) is 7.54. The fraction of sp³-hybridized carbons (Fsp3) is 0.0625. The number of hydrogen-bond donors (Lipinski definition) is 2. The first kappa shape index (κ1) is 15.5. The van der Waals surface area contributed by atoms with E-state index in [1.807, 2.05) is 36.4 Å².